The minimum atomic E-state index is -0.758. The van der Waals surface area contributed by atoms with Crippen LogP contribution in [0.25, 0.3) is 0 Å². The zero-order valence-corrected chi connectivity index (χ0v) is 8.89. The molecule has 2 aromatic rings. The molecule has 0 amide bonds. The van der Waals surface area contributed by atoms with Crippen LogP contribution >= 0.6 is 11.6 Å². The standard InChI is InChI=1S/C10H10ClN3O/c1-14-5-3-8(13-14)10(15)7-2-4-12-9(11)6-7/h2-6,10,15H,1H3. The molecular weight excluding hydrogens is 214 g/mol. The molecule has 4 nitrogen and oxygen atoms in total. The Labute approximate surface area is 92.1 Å². The van der Waals surface area contributed by atoms with Crippen molar-refractivity contribution in [2.24, 2.45) is 7.05 Å². The topological polar surface area (TPSA) is 50.9 Å². The van der Waals surface area contributed by atoms with E-state index < -0.39 is 6.10 Å². The molecule has 0 spiro atoms. The third kappa shape index (κ3) is 2.16. The third-order valence-electron chi connectivity index (χ3n) is 2.08. The number of nitrogens with zero attached hydrogens (tertiary/aromatic N) is 3. The van der Waals surface area contributed by atoms with Crippen LogP contribution in [-0.4, -0.2) is 19.9 Å². The molecule has 0 aliphatic heterocycles. The van der Waals surface area contributed by atoms with E-state index in [-0.39, 0.29) is 0 Å². The Balaban J connectivity index is 2.32. The van der Waals surface area contributed by atoms with Gasteiger partial charge in [-0.25, -0.2) is 4.98 Å². The molecular formula is C10H10ClN3O. The summed E-state index contributed by atoms with van der Waals surface area (Å²) >= 11 is 5.73. The summed E-state index contributed by atoms with van der Waals surface area (Å²) in [5.41, 5.74) is 1.29. The minimum absolute atomic E-state index is 0.363. The highest BCUT2D eigenvalue weighted by Crippen LogP contribution is 2.21. The summed E-state index contributed by atoms with van der Waals surface area (Å²) in [5.74, 6) is 0. The predicted molar refractivity (Wildman–Crippen MR) is 56.5 cm³/mol. The van der Waals surface area contributed by atoms with Gasteiger partial charge in [0.15, 0.2) is 0 Å². The van der Waals surface area contributed by atoms with E-state index in [9.17, 15) is 5.11 Å². The summed E-state index contributed by atoms with van der Waals surface area (Å²) in [6, 6.07) is 5.10. The van der Waals surface area contributed by atoms with E-state index in [4.69, 9.17) is 11.6 Å². The van der Waals surface area contributed by atoms with Gasteiger partial charge in [-0.2, -0.15) is 5.10 Å². The van der Waals surface area contributed by atoms with Gasteiger partial charge in [0.05, 0.1) is 5.69 Å². The van der Waals surface area contributed by atoms with E-state index >= 15 is 0 Å². The van der Waals surface area contributed by atoms with Gasteiger partial charge in [0.25, 0.3) is 0 Å². The Morgan fingerprint density at radius 2 is 2.27 bits per heavy atom. The van der Waals surface area contributed by atoms with Gasteiger partial charge in [-0.3, -0.25) is 4.68 Å². The second kappa shape index (κ2) is 4.00. The van der Waals surface area contributed by atoms with Crippen molar-refractivity contribution in [3.8, 4) is 0 Å². The molecule has 2 heterocycles. The van der Waals surface area contributed by atoms with Gasteiger partial charge in [0.2, 0.25) is 0 Å². The molecule has 0 bridgehead atoms. The van der Waals surface area contributed by atoms with Gasteiger partial charge in [-0.05, 0) is 23.8 Å². The molecule has 0 fully saturated rings. The first kappa shape index (κ1) is 10.1. The van der Waals surface area contributed by atoms with E-state index in [1.165, 1.54) is 0 Å². The average molecular weight is 224 g/mol. The van der Waals surface area contributed by atoms with Crippen molar-refractivity contribution < 1.29 is 5.11 Å². The van der Waals surface area contributed by atoms with Gasteiger partial charge in [0, 0.05) is 19.4 Å². The Bertz CT molecular complexity index is 469. The maximum absolute atomic E-state index is 9.97. The molecule has 0 radical (unpaired) electrons. The van der Waals surface area contributed by atoms with Gasteiger partial charge in [0.1, 0.15) is 11.3 Å². The van der Waals surface area contributed by atoms with Crippen LogP contribution in [0.4, 0.5) is 0 Å². The lowest BCUT2D eigenvalue weighted by molar-refractivity contribution is 0.214. The van der Waals surface area contributed by atoms with E-state index in [1.54, 1.807) is 42.3 Å². The maximum atomic E-state index is 9.97. The lowest BCUT2D eigenvalue weighted by atomic mass is 10.1. The highest BCUT2D eigenvalue weighted by Gasteiger charge is 2.13. The number of aromatic nitrogens is 3. The Kier molecular flexibility index (Phi) is 2.70. The number of aryl methyl sites for hydroxylation is 1. The monoisotopic (exact) mass is 223 g/mol. The lowest BCUT2D eigenvalue weighted by Gasteiger charge is -2.07. The van der Waals surface area contributed by atoms with Crippen molar-refractivity contribution >= 4 is 11.6 Å². The van der Waals surface area contributed by atoms with Gasteiger partial charge in [-0.15, -0.1) is 0 Å². The van der Waals surface area contributed by atoms with E-state index in [0.717, 1.165) is 0 Å². The number of hydrogen-bond donors (Lipinski definition) is 1. The molecule has 0 aliphatic rings. The minimum Gasteiger partial charge on any atom is -0.382 e. The first-order valence-electron chi connectivity index (χ1n) is 4.46. The number of rotatable bonds is 2. The van der Waals surface area contributed by atoms with Crippen LogP contribution in [0.15, 0.2) is 30.6 Å². The molecule has 0 saturated carbocycles. The number of aliphatic hydroxyl groups excluding tert-OH is 1. The maximum Gasteiger partial charge on any atom is 0.129 e. The predicted octanol–water partition coefficient (Wildman–Crippen LogP) is 1.55. The molecule has 1 atom stereocenters. The molecule has 1 unspecified atom stereocenters. The van der Waals surface area contributed by atoms with Crippen LogP contribution in [0.2, 0.25) is 5.15 Å². The highest BCUT2D eigenvalue weighted by atomic mass is 35.5. The van der Waals surface area contributed by atoms with E-state index in [1.807, 2.05) is 0 Å². The van der Waals surface area contributed by atoms with Crippen LogP contribution in [0, 0.1) is 0 Å². The van der Waals surface area contributed by atoms with Crippen LogP contribution in [0.5, 0.6) is 0 Å². The van der Waals surface area contributed by atoms with Gasteiger partial charge >= 0.3 is 0 Å². The molecule has 1 N–H and O–H groups in total. The third-order valence-corrected chi connectivity index (χ3v) is 2.29. The zero-order chi connectivity index (χ0) is 10.8. The van der Waals surface area contributed by atoms with E-state index in [2.05, 4.69) is 10.1 Å². The zero-order valence-electron chi connectivity index (χ0n) is 8.13. The van der Waals surface area contributed by atoms with E-state index in [0.29, 0.717) is 16.4 Å². The number of pyridine rings is 1. The fourth-order valence-electron chi connectivity index (χ4n) is 1.34. The summed E-state index contributed by atoms with van der Waals surface area (Å²) in [6.45, 7) is 0. The highest BCUT2D eigenvalue weighted by molar-refractivity contribution is 6.29. The molecule has 5 heteroatoms. The fraction of sp³-hybridized carbons (Fsp3) is 0.200. The molecule has 2 aromatic heterocycles. The Morgan fingerprint density at radius 1 is 1.47 bits per heavy atom. The van der Waals surface area contributed by atoms with Crippen molar-refractivity contribution in [1.82, 2.24) is 14.8 Å². The first-order chi connectivity index (χ1) is 7.16. The van der Waals surface area contributed by atoms with Crippen molar-refractivity contribution in [3.63, 3.8) is 0 Å². The van der Waals surface area contributed by atoms with Crippen LogP contribution in [-0.2, 0) is 7.05 Å². The lowest BCUT2D eigenvalue weighted by Crippen LogP contribution is -2.02. The number of aliphatic hydroxyl groups is 1. The van der Waals surface area contributed by atoms with Crippen LogP contribution in [0.1, 0.15) is 17.4 Å². The quantitative estimate of drug-likeness (QED) is 0.786. The summed E-state index contributed by atoms with van der Waals surface area (Å²) in [7, 11) is 1.80. The average Bonchev–Trinajstić information content (AvgIpc) is 2.64. The van der Waals surface area contributed by atoms with Crippen LogP contribution in [0.3, 0.4) is 0 Å². The normalized spacial score (nSPS) is 12.7. The summed E-state index contributed by atoms with van der Waals surface area (Å²) in [5, 5.41) is 14.5. The van der Waals surface area contributed by atoms with Crippen LogP contribution < -0.4 is 0 Å². The second-order valence-electron chi connectivity index (χ2n) is 3.23. The molecule has 15 heavy (non-hydrogen) atoms. The van der Waals surface area contributed by atoms with Gasteiger partial charge in [-0.1, -0.05) is 11.6 Å². The first-order valence-corrected chi connectivity index (χ1v) is 4.83. The molecule has 0 aliphatic carbocycles. The van der Waals surface area contributed by atoms with Crippen molar-refractivity contribution in [3.05, 3.63) is 47.0 Å². The SMILES string of the molecule is Cn1ccc(C(O)c2ccnc(Cl)c2)n1. The Hall–Kier alpha value is -1.39. The largest absolute Gasteiger partial charge is 0.382 e. The summed E-state index contributed by atoms with van der Waals surface area (Å²) in [4.78, 5) is 3.85. The second-order valence-corrected chi connectivity index (χ2v) is 3.62. The van der Waals surface area contributed by atoms with Gasteiger partial charge < -0.3 is 5.11 Å². The van der Waals surface area contributed by atoms with Crippen molar-refractivity contribution in [2.75, 3.05) is 0 Å². The summed E-state index contributed by atoms with van der Waals surface area (Å²) < 4.78 is 1.64. The fourth-order valence-corrected chi connectivity index (χ4v) is 1.52. The smallest absolute Gasteiger partial charge is 0.129 e. The summed E-state index contributed by atoms with van der Waals surface area (Å²) in [6.07, 6.45) is 2.58. The molecule has 0 saturated heterocycles. The van der Waals surface area contributed by atoms with Crippen molar-refractivity contribution in [1.29, 1.82) is 0 Å². The molecule has 2 rings (SSSR count). The molecule has 78 valence electrons. The molecule has 0 aromatic carbocycles. The Morgan fingerprint density at radius 3 is 2.87 bits per heavy atom. The number of hydrogen-bond acceptors (Lipinski definition) is 3. The van der Waals surface area contributed by atoms with Crippen molar-refractivity contribution in [2.45, 2.75) is 6.10 Å². The number of halogens is 1.